The highest BCUT2D eigenvalue weighted by Crippen LogP contribution is 2.02. The van der Waals surface area contributed by atoms with Gasteiger partial charge in [-0.3, -0.25) is 0 Å². The fraction of sp³-hybridized carbons (Fsp3) is 0.857. The summed E-state index contributed by atoms with van der Waals surface area (Å²) in [5.41, 5.74) is 2.71. The normalized spacial score (nSPS) is 11.5. The van der Waals surface area contributed by atoms with E-state index in [4.69, 9.17) is 10.7 Å². The zero-order valence-electron chi connectivity index (χ0n) is 8.35. The van der Waals surface area contributed by atoms with E-state index in [1.807, 2.05) is 11.8 Å². The summed E-state index contributed by atoms with van der Waals surface area (Å²) in [6, 6.07) is 0. The Morgan fingerprint density at radius 3 is 3.07 bits per heavy atom. The third kappa shape index (κ3) is 11.2. The number of thioether (sulfide) groups is 1. The van der Waals surface area contributed by atoms with Gasteiger partial charge in [0.15, 0.2) is 0 Å². The molecule has 0 amide bonds. The average Bonchev–Trinajstić information content (AvgIpc) is 2.21. The summed E-state index contributed by atoms with van der Waals surface area (Å²) in [7, 11) is 0. The Hall–Kier alpha value is -0.820. The van der Waals surface area contributed by atoms with Crippen molar-refractivity contribution in [2.75, 3.05) is 18.1 Å². The number of nitrogens with zero attached hydrogens (tertiary/aromatic N) is 3. The lowest BCUT2D eigenvalue weighted by atomic mass is 10.4. The molecule has 0 aromatic rings. The molecule has 0 saturated heterocycles. The van der Waals surface area contributed by atoms with Crippen molar-refractivity contribution in [2.24, 2.45) is 21.4 Å². The number of nitrogens with one attached hydrogen (secondary N) is 1. The molecule has 0 atom stereocenters. The van der Waals surface area contributed by atoms with Gasteiger partial charge in [-0.15, -0.1) is 0 Å². The van der Waals surface area contributed by atoms with Crippen molar-refractivity contribution >= 4 is 18.2 Å². The van der Waals surface area contributed by atoms with Gasteiger partial charge in [0.2, 0.25) is 6.40 Å². The van der Waals surface area contributed by atoms with Crippen LogP contribution in [0, 0.1) is 0 Å². The predicted octanol–water partition coefficient (Wildman–Crippen LogP) is 1.31. The van der Waals surface area contributed by atoms with Crippen LogP contribution in [0.15, 0.2) is 15.5 Å². The van der Waals surface area contributed by atoms with Crippen molar-refractivity contribution in [3.8, 4) is 0 Å². The minimum absolute atomic E-state index is 0.778. The second-order valence-corrected chi connectivity index (χ2v) is 3.63. The van der Waals surface area contributed by atoms with Gasteiger partial charge in [-0.2, -0.15) is 17.2 Å². The summed E-state index contributed by atoms with van der Waals surface area (Å²) in [6.45, 7) is 2.96. The van der Waals surface area contributed by atoms with Crippen molar-refractivity contribution in [3.63, 3.8) is 0 Å². The highest BCUT2D eigenvalue weighted by molar-refractivity contribution is 7.99. The number of rotatable bonds is 9. The lowest BCUT2D eigenvalue weighted by molar-refractivity contribution is 0.200. The molecule has 0 spiro atoms. The molecule has 3 N–H and O–H groups in total. The second-order valence-electron chi connectivity index (χ2n) is 2.40. The Morgan fingerprint density at radius 2 is 2.36 bits per heavy atom. The molecule has 0 rings (SSSR count). The fourth-order valence-electron chi connectivity index (χ4n) is 0.633. The fourth-order valence-corrected chi connectivity index (χ4v) is 1.56. The summed E-state index contributed by atoms with van der Waals surface area (Å²) in [5, 5.41) is 9.40. The highest BCUT2D eigenvalue weighted by atomic mass is 32.2. The first-order valence-corrected chi connectivity index (χ1v) is 5.65. The maximum Gasteiger partial charge on any atom is 0.223 e. The molecule has 0 aromatic heterocycles. The van der Waals surface area contributed by atoms with Gasteiger partial charge in [-0.05, 0) is 17.4 Å². The van der Waals surface area contributed by atoms with Crippen LogP contribution >= 0.6 is 11.8 Å². The van der Waals surface area contributed by atoms with E-state index in [2.05, 4.69) is 28.0 Å². The number of hydrogen-bond acceptors (Lipinski definition) is 5. The van der Waals surface area contributed by atoms with Crippen LogP contribution in [0.1, 0.15) is 19.8 Å². The maximum absolute atomic E-state index is 4.78. The van der Waals surface area contributed by atoms with Crippen molar-refractivity contribution in [3.05, 3.63) is 0 Å². The van der Waals surface area contributed by atoms with Gasteiger partial charge in [0.05, 0.1) is 0 Å². The lowest BCUT2D eigenvalue weighted by Crippen LogP contribution is -2.16. The Bertz CT molecular complexity index is 164. The largest absolute Gasteiger partial charge is 0.395 e. The SMILES string of the molecule is CCCCSCCNO/C=N/N=N/N. The van der Waals surface area contributed by atoms with Crippen LogP contribution in [-0.2, 0) is 4.84 Å². The van der Waals surface area contributed by atoms with E-state index in [1.54, 1.807) is 0 Å². The van der Waals surface area contributed by atoms with Crippen molar-refractivity contribution in [1.82, 2.24) is 5.48 Å². The zero-order valence-corrected chi connectivity index (χ0v) is 9.16. The highest BCUT2D eigenvalue weighted by Gasteiger charge is 1.87. The summed E-state index contributed by atoms with van der Waals surface area (Å²) < 4.78 is 0. The van der Waals surface area contributed by atoms with Crippen LogP contribution in [0.5, 0.6) is 0 Å². The maximum atomic E-state index is 4.78. The van der Waals surface area contributed by atoms with Gasteiger partial charge < -0.3 is 10.7 Å². The minimum atomic E-state index is 0.778. The molecule has 0 aliphatic rings. The molecule has 0 aliphatic carbocycles. The molecular formula is C7H17N5OS. The Morgan fingerprint density at radius 1 is 1.50 bits per heavy atom. The van der Waals surface area contributed by atoms with Crippen molar-refractivity contribution < 1.29 is 4.84 Å². The number of hydrogen-bond donors (Lipinski definition) is 2. The molecule has 82 valence electrons. The third-order valence-electron chi connectivity index (χ3n) is 1.28. The van der Waals surface area contributed by atoms with Gasteiger partial charge in [0.1, 0.15) is 0 Å². The first kappa shape index (κ1) is 13.2. The second kappa shape index (κ2) is 12.2. The van der Waals surface area contributed by atoms with E-state index >= 15 is 0 Å². The van der Waals surface area contributed by atoms with Crippen molar-refractivity contribution in [1.29, 1.82) is 0 Å². The van der Waals surface area contributed by atoms with E-state index < -0.39 is 0 Å². The molecule has 0 radical (unpaired) electrons. The topological polar surface area (TPSA) is 84.4 Å². The van der Waals surface area contributed by atoms with Gasteiger partial charge >= 0.3 is 0 Å². The van der Waals surface area contributed by atoms with Crippen LogP contribution < -0.4 is 11.3 Å². The summed E-state index contributed by atoms with van der Waals surface area (Å²) in [4.78, 5) is 4.78. The van der Waals surface area contributed by atoms with Gasteiger partial charge in [0.25, 0.3) is 0 Å². The van der Waals surface area contributed by atoms with Gasteiger partial charge in [0, 0.05) is 12.3 Å². The zero-order chi connectivity index (χ0) is 10.5. The predicted molar refractivity (Wildman–Crippen MR) is 58.9 cm³/mol. The van der Waals surface area contributed by atoms with Gasteiger partial charge in [-0.25, -0.2) is 0 Å². The molecular weight excluding hydrogens is 202 g/mol. The van der Waals surface area contributed by atoms with Crippen LogP contribution in [0.25, 0.3) is 0 Å². The molecule has 0 bridgehead atoms. The van der Waals surface area contributed by atoms with Crippen LogP contribution in [-0.4, -0.2) is 24.5 Å². The molecule has 14 heavy (non-hydrogen) atoms. The monoisotopic (exact) mass is 219 g/mol. The Labute approximate surface area is 88.3 Å². The molecule has 0 fully saturated rings. The quantitative estimate of drug-likeness (QED) is 0.153. The van der Waals surface area contributed by atoms with E-state index in [1.165, 1.54) is 18.6 Å². The Balaban J connectivity index is 2.98. The molecule has 0 saturated carbocycles. The molecule has 0 aromatic carbocycles. The first-order chi connectivity index (χ1) is 6.91. The summed E-state index contributed by atoms with van der Waals surface area (Å²) in [5.74, 6) is 6.92. The molecule has 0 unspecified atom stereocenters. The van der Waals surface area contributed by atoms with Crippen molar-refractivity contribution in [2.45, 2.75) is 19.8 Å². The third-order valence-corrected chi connectivity index (χ3v) is 2.35. The summed E-state index contributed by atoms with van der Waals surface area (Å²) in [6.07, 6.45) is 3.66. The van der Waals surface area contributed by atoms with Crippen LogP contribution in [0.2, 0.25) is 0 Å². The van der Waals surface area contributed by atoms with Crippen LogP contribution in [0.3, 0.4) is 0 Å². The summed E-state index contributed by atoms with van der Waals surface area (Å²) >= 11 is 1.90. The molecule has 7 heteroatoms. The minimum Gasteiger partial charge on any atom is -0.395 e. The average molecular weight is 219 g/mol. The molecule has 0 heterocycles. The standard InChI is InChI=1S/C7H17N5OS/c1-2-3-5-14-6-4-10-13-7-9-12-11-8/h7,10H,2-6H2,1H3,(H2,8,12)/b9-7+. The smallest absolute Gasteiger partial charge is 0.223 e. The molecule has 6 nitrogen and oxygen atoms in total. The van der Waals surface area contributed by atoms with Crippen LogP contribution in [0.4, 0.5) is 0 Å². The van der Waals surface area contributed by atoms with E-state index in [0.29, 0.717) is 0 Å². The molecule has 0 aliphatic heterocycles. The number of hydroxylamine groups is 1. The van der Waals surface area contributed by atoms with E-state index in [-0.39, 0.29) is 0 Å². The van der Waals surface area contributed by atoms with E-state index in [9.17, 15) is 0 Å². The number of unbranched alkanes of at least 4 members (excludes halogenated alkanes) is 1. The number of nitrogens with two attached hydrogens (primary N) is 1. The lowest BCUT2D eigenvalue weighted by Gasteiger charge is -2.01. The first-order valence-electron chi connectivity index (χ1n) is 4.49. The Kier molecular flexibility index (Phi) is 11.5. The van der Waals surface area contributed by atoms with Gasteiger partial charge in [-0.1, -0.05) is 23.7 Å². The van der Waals surface area contributed by atoms with E-state index in [0.717, 1.165) is 18.7 Å².